The zero-order chi connectivity index (χ0) is 30.4. The number of nitrogens with zero attached hydrogens (tertiary/aromatic N) is 5. The molecule has 1 atom stereocenters. The number of imidazole rings is 1. The predicted molar refractivity (Wildman–Crippen MR) is 171 cm³/mol. The van der Waals surface area contributed by atoms with Gasteiger partial charge in [-0.15, -0.1) is 0 Å². The molecule has 0 radical (unpaired) electrons. The Kier molecular flexibility index (Phi) is 8.19. The van der Waals surface area contributed by atoms with E-state index >= 15 is 0 Å². The first kappa shape index (κ1) is 29.4. The van der Waals surface area contributed by atoms with Gasteiger partial charge in [-0.2, -0.15) is 5.10 Å². The summed E-state index contributed by atoms with van der Waals surface area (Å²) in [5.41, 5.74) is 3.30. The fourth-order valence-electron chi connectivity index (χ4n) is 7.44. The number of hydrogen-bond acceptors (Lipinski definition) is 6. The molecule has 0 spiro atoms. The van der Waals surface area contributed by atoms with Gasteiger partial charge in [0.05, 0.1) is 22.2 Å². The number of piperidine rings is 2. The number of carbonyl (C=O) groups excluding carboxylic acids is 2. The third-order valence-electron chi connectivity index (χ3n) is 9.80. The number of rotatable bonds is 6. The Hall–Kier alpha value is -3.28. The first-order chi connectivity index (χ1) is 21.4. The summed E-state index contributed by atoms with van der Waals surface area (Å²) in [7, 11) is 0. The number of amides is 2. The summed E-state index contributed by atoms with van der Waals surface area (Å²) in [6.45, 7) is 5.67. The molecule has 234 valence electrons. The van der Waals surface area contributed by atoms with Gasteiger partial charge in [-0.05, 0) is 68.5 Å². The van der Waals surface area contributed by atoms with E-state index in [1.165, 1.54) is 19.3 Å². The second-order valence-electron chi connectivity index (χ2n) is 12.5. The van der Waals surface area contributed by atoms with Crippen LogP contribution in [0.5, 0.6) is 0 Å². The maximum atomic E-state index is 14.1. The molecule has 0 unspecified atom stereocenters. The van der Waals surface area contributed by atoms with Crippen molar-refractivity contribution in [1.29, 1.82) is 0 Å². The van der Waals surface area contributed by atoms with Crippen LogP contribution in [0.3, 0.4) is 0 Å². The highest BCUT2D eigenvalue weighted by Crippen LogP contribution is 2.37. The molecule has 0 saturated carbocycles. The average Bonchev–Trinajstić information content (AvgIpc) is 3.56. The summed E-state index contributed by atoms with van der Waals surface area (Å²) in [6, 6.07) is 1.91. The number of fused-ring (bicyclic) bond motifs is 4. The third-order valence-corrected chi connectivity index (χ3v) is 10.4. The number of likely N-dealkylation sites (tertiary alicyclic amines) is 2. The largest absolute Gasteiger partial charge is 0.366 e. The predicted octanol–water partition coefficient (Wildman–Crippen LogP) is 4.04. The monoisotopic (exact) mass is 640 g/mol. The number of aromatic nitrogens is 4. The Balaban J connectivity index is 1.09. The Labute approximate surface area is 265 Å². The quantitative estimate of drug-likeness (QED) is 0.374. The summed E-state index contributed by atoms with van der Waals surface area (Å²) in [6.07, 6.45) is 9.50. The van der Waals surface area contributed by atoms with Gasteiger partial charge in [-0.3, -0.25) is 24.2 Å². The number of nitrogens with one attached hydrogen (secondary N) is 3. The van der Waals surface area contributed by atoms with Crippen molar-refractivity contribution in [2.75, 3.05) is 51.1 Å². The fourth-order valence-corrected chi connectivity index (χ4v) is 7.96. The van der Waals surface area contributed by atoms with Crippen LogP contribution in [0.2, 0.25) is 10.2 Å². The number of hydrogen-bond donors (Lipinski definition) is 3. The normalized spacial score (nSPS) is 21.3. The van der Waals surface area contributed by atoms with Crippen molar-refractivity contribution in [3.8, 4) is 0 Å². The molecule has 3 N–H and O–H groups in total. The average molecular weight is 642 g/mol. The zero-order valence-corrected chi connectivity index (χ0v) is 26.2. The fraction of sp³-hybridized carbons (Fsp3) is 0.548. The molecule has 4 aliphatic rings. The van der Waals surface area contributed by atoms with Crippen LogP contribution < -0.4 is 11.0 Å². The lowest BCUT2D eigenvalue weighted by Gasteiger charge is -2.34. The Morgan fingerprint density at radius 2 is 1.84 bits per heavy atom. The van der Waals surface area contributed by atoms with Crippen molar-refractivity contribution in [2.45, 2.75) is 57.5 Å². The van der Waals surface area contributed by atoms with E-state index in [4.69, 9.17) is 23.2 Å². The van der Waals surface area contributed by atoms with Crippen LogP contribution in [0.15, 0.2) is 16.9 Å². The maximum absolute atomic E-state index is 14.1. The second kappa shape index (κ2) is 12.3. The highest BCUT2D eigenvalue weighted by Gasteiger charge is 2.35. The van der Waals surface area contributed by atoms with Crippen LogP contribution in [0, 0.1) is 5.92 Å². The summed E-state index contributed by atoms with van der Waals surface area (Å²) < 4.78 is 1.82. The SMILES string of the molecule is O=C(C[C@@H]1Cc2cc(Cl)c3[nH]nc(Cl)c3c2CN(CCN2CCCCC2)C1=O)N1CCC(n2c3c([nH]c2=O)NCC=C3)CC1. The first-order valence-electron chi connectivity index (χ1n) is 15.7. The number of carbonyl (C=O) groups is 2. The van der Waals surface area contributed by atoms with E-state index in [1.54, 1.807) is 0 Å². The van der Waals surface area contributed by atoms with E-state index in [1.807, 2.05) is 32.6 Å². The van der Waals surface area contributed by atoms with Crippen LogP contribution in [0.1, 0.15) is 61.4 Å². The molecule has 0 bridgehead atoms. The van der Waals surface area contributed by atoms with E-state index < -0.39 is 5.92 Å². The number of halogens is 2. The molecule has 44 heavy (non-hydrogen) atoms. The summed E-state index contributed by atoms with van der Waals surface area (Å²) in [4.78, 5) is 49.7. The number of anilines is 1. The van der Waals surface area contributed by atoms with E-state index in [0.29, 0.717) is 67.7 Å². The smallest absolute Gasteiger partial charge is 0.327 e. The van der Waals surface area contributed by atoms with E-state index in [9.17, 15) is 14.4 Å². The Bertz CT molecular complexity index is 1660. The molecule has 1 aromatic carbocycles. The van der Waals surface area contributed by atoms with Crippen LogP contribution in [-0.4, -0.2) is 92.1 Å². The first-order valence-corrected chi connectivity index (χ1v) is 16.5. The lowest BCUT2D eigenvalue weighted by molar-refractivity contribution is -0.142. The van der Waals surface area contributed by atoms with Gasteiger partial charge in [0.2, 0.25) is 11.8 Å². The second-order valence-corrected chi connectivity index (χ2v) is 13.2. The summed E-state index contributed by atoms with van der Waals surface area (Å²) in [5, 5.41) is 11.9. The number of aromatic amines is 2. The Morgan fingerprint density at radius 1 is 1.05 bits per heavy atom. The van der Waals surface area contributed by atoms with Gasteiger partial charge < -0.3 is 20.0 Å². The molecule has 13 heteroatoms. The van der Waals surface area contributed by atoms with E-state index in [0.717, 1.165) is 47.7 Å². The highest BCUT2D eigenvalue weighted by molar-refractivity contribution is 6.39. The van der Waals surface area contributed by atoms with Gasteiger partial charge >= 0.3 is 5.69 Å². The molecular formula is C31H38Cl2N8O3. The minimum absolute atomic E-state index is 0.00451. The van der Waals surface area contributed by atoms with Crippen LogP contribution in [-0.2, 0) is 22.6 Å². The number of H-pyrrole nitrogens is 2. The standard InChI is InChI=1S/C31H38Cl2N8O3/c32-23-16-19-15-20(17-25(42)39-11-6-21(7-12-39)41-24-5-4-8-34-29(24)35-31(41)44)30(43)40(14-13-38-9-2-1-3-10-38)18-22(19)26-27(23)36-37-28(26)33/h4-5,16,20-21,34H,1-3,6-15,17-18H2,(H,35,44)(H,36,37)/t20-/m0/s1. The van der Waals surface area contributed by atoms with Gasteiger partial charge in [0, 0.05) is 57.1 Å². The molecule has 2 fully saturated rings. The van der Waals surface area contributed by atoms with Crippen LogP contribution in [0.25, 0.3) is 17.0 Å². The minimum Gasteiger partial charge on any atom is -0.366 e. The van der Waals surface area contributed by atoms with Crippen LogP contribution >= 0.6 is 23.2 Å². The molecule has 0 aliphatic carbocycles. The maximum Gasteiger partial charge on any atom is 0.327 e. The van der Waals surface area contributed by atoms with Crippen molar-refractivity contribution in [1.82, 2.24) is 34.4 Å². The summed E-state index contributed by atoms with van der Waals surface area (Å²) >= 11 is 13.2. The lowest BCUT2D eigenvalue weighted by atomic mass is 9.92. The molecule has 11 nitrogen and oxygen atoms in total. The summed E-state index contributed by atoms with van der Waals surface area (Å²) in [5.74, 6) is 0.217. The van der Waals surface area contributed by atoms with Crippen LogP contribution in [0.4, 0.5) is 5.82 Å². The Morgan fingerprint density at radius 3 is 2.64 bits per heavy atom. The van der Waals surface area contributed by atoms with E-state index in [-0.39, 0.29) is 30.0 Å². The molecule has 2 saturated heterocycles. The molecule has 4 aliphatic heterocycles. The number of benzene rings is 1. The van der Waals surface area contributed by atoms with Gasteiger partial charge in [0.1, 0.15) is 5.82 Å². The molecule has 2 amide bonds. The van der Waals surface area contributed by atoms with Gasteiger partial charge in [-0.25, -0.2) is 4.79 Å². The molecule has 7 rings (SSSR count). The highest BCUT2D eigenvalue weighted by atomic mass is 35.5. The van der Waals surface area contributed by atoms with Gasteiger partial charge in [0.15, 0.2) is 5.15 Å². The van der Waals surface area contributed by atoms with Crippen molar-refractivity contribution in [2.24, 2.45) is 5.92 Å². The minimum atomic E-state index is -0.502. The van der Waals surface area contributed by atoms with E-state index in [2.05, 4.69) is 25.4 Å². The van der Waals surface area contributed by atoms with Crippen molar-refractivity contribution < 1.29 is 9.59 Å². The topological polar surface area (TPSA) is 122 Å². The van der Waals surface area contributed by atoms with Crippen molar-refractivity contribution in [3.63, 3.8) is 0 Å². The third kappa shape index (κ3) is 5.54. The molecule has 6 heterocycles. The molecule has 3 aromatic rings. The zero-order valence-electron chi connectivity index (χ0n) is 24.7. The molecule has 2 aromatic heterocycles. The van der Waals surface area contributed by atoms with Gasteiger partial charge in [0.25, 0.3) is 0 Å². The van der Waals surface area contributed by atoms with Gasteiger partial charge in [-0.1, -0.05) is 35.7 Å². The van der Waals surface area contributed by atoms with Crippen molar-refractivity contribution in [3.05, 3.63) is 49.6 Å². The molecular weight excluding hydrogens is 603 g/mol. The van der Waals surface area contributed by atoms with Crippen molar-refractivity contribution >= 4 is 57.8 Å². The lowest BCUT2D eigenvalue weighted by Crippen LogP contribution is -2.44.